The lowest BCUT2D eigenvalue weighted by Crippen LogP contribution is -2.49. The molecule has 0 amide bonds. The molecule has 3 rings (SSSR count). The highest BCUT2D eigenvalue weighted by Crippen LogP contribution is 2.47. The largest absolute Gasteiger partial charge is 0.304 e. The average molecular weight is 300 g/mol. The van der Waals surface area contributed by atoms with Gasteiger partial charge < -0.3 is 4.90 Å². The van der Waals surface area contributed by atoms with Crippen molar-refractivity contribution in [1.82, 2.24) is 4.98 Å². The highest BCUT2D eigenvalue weighted by atomic mass is 32.2. The zero-order valence-electron chi connectivity index (χ0n) is 9.74. The van der Waals surface area contributed by atoms with Crippen LogP contribution in [0.5, 0.6) is 0 Å². The van der Waals surface area contributed by atoms with Gasteiger partial charge in [-0.1, -0.05) is 30.0 Å². The summed E-state index contributed by atoms with van der Waals surface area (Å²) in [4.78, 5) is 6.20. The Bertz CT molecular complexity index is 602. The minimum absolute atomic E-state index is 0.0111. The van der Waals surface area contributed by atoms with E-state index in [2.05, 4.69) is 4.98 Å². The maximum absolute atomic E-state index is 11.8. The first kappa shape index (κ1) is 12.4. The second-order valence-corrected chi connectivity index (χ2v) is 8.75. The standard InChI is InChI=1S/C11H12N2O2S3/c1-11-7-18(14,15)6-8(11)17-10(16)13(11)9-4-2-3-5-12-9/h2-5,8H,6-7H2,1H3/t8-,11+/m0/s1. The number of aromatic nitrogens is 1. The summed E-state index contributed by atoms with van der Waals surface area (Å²) in [6, 6.07) is 5.59. The smallest absolute Gasteiger partial charge is 0.153 e. The lowest BCUT2D eigenvalue weighted by Gasteiger charge is -2.33. The number of anilines is 1. The van der Waals surface area contributed by atoms with Crippen LogP contribution in [0.15, 0.2) is 24.4 Å². The Kier molecular flexibility index (Phi) is 2.69. The summed E-state index contributed by atoms with van der Waals surface area (Å²) in [6.07, 6.45) is 1.70. The minimum atomic E-state index is -2.98. The third kappa shape index (κ3) is 1.76. The lowest BCUT2D eigenvalue weighted by atomic mass is 9.99. The van der Waals surface area contributed by atoms with Gasteiger partial charge in [0, 0.05) is 6.20 Å². The normalized spacial score (nSPS) is 33.7. The van der Waals surface area contributed by atoms with E-state index in [4.69, 9.17) is 12.2 Å². The van der Waals surface area contributed by atoms with Gasteiger partial charge >= 0.3 is 0 Å². The maximum atomic E-state index is 11.8. The van der Waals surface area contributed by atoms with Crippen LogP contribution in [-0.4, -0.2) is 40.0 Å². The molecule has 0 bridgehead atoms. The molecule has 7 heteroatoms. The van der Waals surface area contributed by atoms with Gasteiger partial charge in [0.2, 0.25) is 0 Å². The Hall–Kier alpha value is -0.660. The van der Waals surface area contributed by atoms with Gasteiger partial charge in [-0.3, -0.25) is 0 Å². The number of thiocarbonyl (C=S) groups is 1. The molecule has 2 aliphatic rings. The van der Waals surface area contributed by atoms with Crippen LogP contribution in [0.4, 0.5) is 5.82 Å². The number of nitrogens with zero attached hydrogens (tertiary/aromatic N) is 2. The molecule has 1 aromatic rings. The Morgan fingerprint density at radius 1 is 1.56 bits per heavy atom. The van der Waals surface area contributed by atoms with Crippen LogP contribution in [0, 0.1) is 0 Å². The highest BCUT2D eigenvalue weighted by Gasteiger charge is 2.57. The van der Waals surface area contributed by atoms with E-state index >= 15 is 0 Å². The van der Waals surface area contributed by atoms with Crippen molar-refractivity contribution in [2.24, 2.45) is 0 Å². The van der Waals surface area contributed by atoms with Crippen LogP contribution in [-0.2, 0) is 9.84 Å². The van der Waals surface area contributed by atoms with Crippen LogP contribution in [0.1, 0.15) is 6.92 Å². The van der Waals surface area contributed by atoms with Crippen LogP contribution in [0.25, 0.3) is 0 Å². The van der Waals surface area contributed by atoms with Gasteiger partial charge in [0.25, 0.3) is 0 Å². The van der Waals surface area contributed by atoms with E-state index in [0.717, 1.165) is 10.1 Å². The Labute approximate surface area is 116 Å². The van der Waals surface area contributed by atoms with Gasteiger partial charge in [-0.15, -0.1) is 0 Å². The summed E-state index contributed by atoms with van der Waals surface area (Å²) in [6.45, 7) is 1.96. The topological polar surface area (TPSA) is 50.3 Å². The molecule has 0 saturated carbocycles. The molecule has 0 N–H and O–H groups in total. The fraction of sp³-hybridized carbons (Fsp3) is 0.455. The monoisotopic (exact) mass is 300 g/mol. The van der Waals surface area contributed by atoms with Gasteiger partial charge in [-0.25, -0.2) is 13.4 Å². The summed E-state index contributed by atoms with van der Waals surface area (Å²) >= 11 is 6.86. The van der Waals surface area contributed by atoms with Gasteiger partial charge in [-0.2, -0.15) is 0 Å². The van der Waals surface area contributed by atoms with Gasteiger partial charge in [0.1, 0.15) is 10.1 Å². The van der Waals surface area contributed by atoms with Crippen LogP contribution < -0.4 is 4.90 Å². The molecule has 2 saturated heterocycles. The molecule has 0 aromatic carbocycles. The molecule has 96 valence electrons. The number of fused-ring (bicyclic) bond motifs is 1. The summed E-state index contributed by atoms with van der Waals surface area (Å²) in [7, 11) is -2.98. The first-order valence-corrected chi connectivity index (χ1v) is 8.66. The van der Waals surface area contributed by atoms with Crippen molar-refractivity contribution >= 4 is 44.0 Å². The summed E-state index contributed by atoms with van der Waals surface area (Å²) in [5.41, 5.74) is -0.463. The van der Waals surface area contributed by atoms with Gasteiger partial charge in [0.15, 0.2) is 9.84 Å². The molecule has 0 aliphatic carbocycles. The highest BCUT2D eigenvalue weighted by molar-refractivity contribution is 8.24. The molecule has 2 atom stereocenters. The molecule has 0 spiro atoms. The summed E-state index contributed by atoms with van der Waals surface area (Å²) < 4.78 is 24.4. The predicted molar refractivity (Wildman–Crippen MR) is 77.8 cm³/mol. The molecule has 3 heterocycles. The van der Waals surface area contributed by atoms with E-state index in [1.165, 1.54) is 11.8 Å². The second kappa shape index (κ2) is 3.91. The summed E-state index contributed by atoms with van der Waals surface area (Å²) in [5.74, 6) is 1.09. The van der Waals surface area contributed by atoms with Crippen molar-refractivity contribution in [1.29, 1.82) is 0 Å². The number of hydrogen-bond donors (Lipinski definition) is 0. The van der Waals surface area contributed by atoms with Gasteiger partial charge in [0.05, 0.1) is 22.3 Å². The molecule has 0 unspecified atom stereocenters. The summed E-state index contributed by atoms with van der Waals surface area (Å²) in [5, 5.41) is 0.0111. The molecule has 2 fully saturated rings. The van der Waals surface area contributed by atoms with E-state index in [0.29, 0.717) is 0 Å². The minimum Gasteiger partial charge on any atom is -0.304 e. The van der Waals surface area contributed by atoms with E-state index < -0.39 is 15.4 Å². The molecule has 1 aromatic heterocycles. The Morgan fingerprint density at radius 3 is 3.00 bits per heavy atom. The molecule has 2 aliphatic heterocycles. The van der Waals surface area contributed by atoms with E-state index in [1.807, 2.05) is 30.0 Å². The number of rotatable bonds is 1. The fourth-order valence-electron chi connectivity index (χ4n) is 2.60. The van der Waals surface area contributed by atoms with Crippen molar-refractivity contribution in [3.05, 3.63) is 24.4 Å². The van der Waals surface area contributed by atoms with Crippen molar-refractivity contribution in [2.45, 2.75) is 17.7 Å². The number of hydrogen-bond acceptors (Lipinski definition) is 5. The molecule has 18 heavy (non-hydrogen) atoms. The first-order chi connectivity index (χ1) is 8.42. The Morgan fingerprint density at radius 2 is 2.33 bits per heavy atom. The molecular weight excluding hydrogens is 288 g/mol. The van der Waals surface area contributed by atoms with E-state index in [1.54, 1.807) is 6.20 Å². The van der Waals surface area contributed by atoms with E-state index in [-0.39, 0.29) is 16.8 Å². The van der Waals surface area contributed by atoms with E-state index in [9.17, 15) is 8.42 Å². The number of pyridine rings is 1. The second-order valence-electron chi connectivity index (χ2n) is 4.81. The number of sulfone groups is 1. The van der Waals surface area contributed by atoms with Crippen LogP contribution in [0.3, 0.4) is 0 Å². The fourth-order valence-corrected chi connectivity index (χ4v) is 7.50. The Balaban J connectivity index is 2.07. The maximum Gasteiger partial charge on any atom is 0.153 e. The number of thioether (sulfide) groups is 1. The molecule has 0 radical (unpaired) electrons. The molecular formula is C11H12N2O2S3. The predicted octanol–water partition coefficient (Wildman–Crippen LogP) is 1.48. The zero-order chi connectivity index (χ0) is 13.0. The van der Waals surface area contributed by atoms with Crippen LogP contribution in [0.2, 0.25) is 0 Å². The van der Waals surface area contributed by atoms with Crippen LogP contribution >= 0.6 is 24.0 Å². The first-order valence-electron chi connectivity index (χ1n) is 5.55. The zero-order valence-corrected chi connectivity index (χ0v) is 12.2. The third-order valence-corrected chi connectivity index (χ3v) is 7.32. The van der Waals surface area contributed by atoms with Crippen molar-refractivity contribution in [3.63, 3.8) is 0 Å². The SMILES string of the molecule is C[C@@]12CS(=O)(=O)C[C@@H]1SC(=S)N2c1ccccn1. The third-order valence-electron chi connectivity index (χ3n) is 3.43. The lowest BCUT2D eigenvalue weighted by molar-refractivity contribution is 0.547. The average Bonchev–Trinajstić information content (AvgIpc) is 2.62. The van der Waals surface area contributed by atoms with Crippen molar-refractivity contribution in [2.75, 3.05) is 16.4 Å². The molecule has 4 nitrogen and oxygen atoms in total. The van der Waals surface area contributed by atoms with Gasteiger partial charge in [-0.05, 0) is 19.1 Å². The quantitative estimate of drug-likeness (QED) is 0.732. The van der Waals surface area contributed by atoms with Crippen molar-refractivity contribution in [3.8, 4) is 0 Å². The van der Waals surface area contributed by atoms with Crippen molar-refractivity contribution < 1.29 is 8.42 Å².